The molecule has 1 aliphatic carbocycles. The highest BCUT2D eigenvalue weighted by Gasteiger charge is 2.29. The monoisotopic (exact) mass is 225 g/mol. The minimum absolute atomic E-state index is 0.363. The van der Waals surface area contributed by atoms with Crippen molar-refractivity contribution in [3.05, 3.63) is 34.9 Å². The van der Waals surface area contributed by atoms with Crippen molar-refractivity contribution in [1.29, 1.82) is 0 Å². The summed E-state index contributed by atoms with van der Waals surface area (Å²) in [5, 5.41) is 12.8. The molecule has 1 aromatic carbocycles. The summed E-state index contributed by atoms with van der Waals surface area (Å²) in [4.78, 5) is 11.1. The molecule has 1 saturated carbocycles. The van der Waals surface area contributed by atoms with Gasteiger partial charge in [-0.25, -0.2) is 0 Å². The smallest absolute Gasteiger partial charge is 0.325 e. The van der Waals surface area contributed by atoms with E-state index in [9.17, 15) is 4.79 Å². The summed E-state index contributed by atoms with van der Waals surface area (Å²) in [7, 11) is 0. The number of hydrogen-bond donors (Lipinski definition) is 2. The van der Waals surface area contributed by atoms with Crippen LogP contribution >= 0.6 is 11.6 Å². The normalized spacial score (nSPS) is 17.4. The topological polar surface area (TPSA) is 49.3 Å². The predicted molar refractivity (Wildman–Crippen MR) is 58.0 cm³/mol. The molecule has 3 nitrogen and oxygen atoms in total. The number of rotatable bonds is 4. The Morgan fingerprint density at radius 1 is 1.40 bits per heavy atom. The Balaban J connectivity index is 2.15. The molecule has 1 unspecified atom stereocenters. The predicted octanol–water partition coefficient (Wildman–Crippen LogP) is 2.22. The van der Waals surface area contributed by atoms with Crippen LogP contribution in [0.4, 0.5) is 0 Å². The van der Waals surface area contributed by atoms with Gasteiger partial charge in [-0.15, -0.1) is 0 Å². The van der Waals surface area contributed by atoms with Crippen LogP contribution in [0.25, 0.3) is 0 Å². The quantitative estimate of drug-likeness (QED) is 0.826. The maximum Gasteiger partial charge on any atom is 0.325 e. The summed E-state index contributed by atoms with van der Waals surface area (Å²) in [6.45, 7) is 0. The maximum absolute atomic E-state index is 11.1. The molecule has 0 heterocycles. The van der Waals surface area contributed by atoms with Crippen molar-refractivity contribution < 1.29 is 9.90 Å². The van der Waals surface area contributed by atoms with Gasteiger partial charge >= 0.3 is 5.97 Å². The zero-order valence-corrected chi connectivity index (χ0v) is 8.87. The molecule has 0 bridgehead atoms. The summed E-state index contributed by atoms with van der Waals surface area (Å²) in [5.41, 5.74) is 0.749. The van der Waals surface area contributed by atoms with E-state index < -0.39 is 12.0 Å². The highest BCUT2D eigenvalue weighted by atomic mass is 35.5. The lowest BCUT2D eigenvalue weighted by Crippen LogP contribution is -2.30. The SMILES string of the molecule is O=C(O)C(NC1CC1)c1ccc(Cl)cc1. The highest BCUT2D eigenvalue weighted by Crippen LogP contribution is 2.25. The van der Waals surface area contributed by atoms with E-state index in [4.69, 9.17) is 16.7 Å². The second kappa shape index (κ2) is 4.21. The van der Waals surface area contributed by atoms with E-state index in [0.29, 0.717) is 11.1 Å². The first kappa shape index (κ1) is 10.5. The van der Waals surface area contributed by atoms with Crippen LogP contribution in [0.3, 0.4) is 0 Å². The summed E-state index contributed by atoms with van der Waals surface area (Å²) in [5.74, 6) is -0.843. The Morgan fingerprint density at radius 3 is 2.47 bits per heavy atom. The fraction of sp³-hybridized carbons (Fsp3) is 0.364. The minimum Gasteiger partial charge on any atom is -0.480 e. The third kappa shape index (κ3) is 2.70. The molecule has 0 saturated heterocycles. The molecule has 1 atom stereocenters. The Hall–Kier alpha value is -1.06. The number of benzene rings is 1. The van der Waals surface area contributed by atoms with Gasteiger partial charge in [-0.05, 0) is 30.5 Å². The van der Waals surface area contributed by atoms with E-state index in [0.717, 1.165) is 18.4 Å². The first-order valence-corrected chi connectivity index (χ1v) is 5.29. The maximum atomic E-state index is 11.1. The Morgan fingerprint density at radius 2 is 2.00 bits per heavy atom. The number of aliphatic carboxylic acids is 1. The molecule has 0 aromatic heterocycles. The van der Waals surface area contributed by atoms with Gasteiger partial charge in [-0.3, -0.25) is 10.1 Å². The van der Waals surface area contributed by atoms with E-state index in [1.165, 1.54) is 0 Å². The number of carbonyl (C=O) groups is 1. The van der Waals surface area contributed by atoms with E-state index in [2.05, 4.69) is 5.32 Å². The van der Waals surface area contributed by atoms with Crippen LogP contribution in [-0.4, -0.2) is 17.1 Å². The van der Waals surface area contributed by atoms with Crippen LogP contribution < -0.4 is 5.32 Å². The van der Waals surface area contributed by atoms with Crippen molar-refractivity contribution in [2.45, 2.75) is 24.9 Å². The summed E-state index contributed by atoms with van der Waals surface area (Å²) < 4.78 is 0. The van der Waals surface area contributed by atoms with Gasteiger partial charge in [0.1, 0.15) is 6.04 Å². The lowest BCUT2D eigenvalue weighted by Gasteiger charge is -2.14. The van der Waals surface area contributed by atoms with Gasteiger partial charge < -0.3 is 5.11 Å². The van der Waals surface area contributed by atoms with Gasteiger partial charge in [0.05, 0.1) is 0 Å². The van der Waals surface area contributed by atoms with Crippen molar-refractivity contribution in [1.82, 2.24) is 5.32 Å². The van der Waals surface area contributed by atoms with Crippen molar-refractivity contribution in [2.75, 3.05) is 0 Å². The Bertz CT molecular complexity index is 359. The molecule has 15 heavy (non-hydrogen) atoms. The molecular formula is C11H12ClNO2. The number of carboxylic acids is 1. The third-order valence-corrected chi connectivity index (χ3v) is 2.68. The second-order valence-electron chi connectivity index (χ2n) is 3.76. The molecule has 4 heteroatoms. The molecule has 0 spiro atoms. The van der Waals surface area contributed by atoms with Gasteiger partial charge in [0.25, 0.3) is 0 Å². The molecule has 0 amide bonds. The van der Waals surface area contributed by atoms with Crippen molar-refractivity contribution in [3.8, 4) is 0 Å². The third-order valence-electron chi connectivity index (χ3n) is 2.43. The fourth-order valence-corrected chi connectivity index (χ4v) is 1.58. The molecule has 1 fully saturated rings. The summed E-state index contributed by atoms with van der Waals surface area (Å²) in [6, 6.07) is 6.66. The van der Waals surface area contributed by atoms with Crippen LogP contribution in [-0.2, 0) is 4.79 Å². The molecular weight excluding hydrogens is 214 g/mol. The fourth-order valence-electron chi connectivity index (χ4n) is 1.45. The molecule has 0 radical (unpaired) electrons. The largest absolute Gasteiger partial charge is 0.480 e. The lowest BCUT2D eigenvalue weighted by molar-refractivity contribution is -0.139. The van der Waals surface area contributed by atoms with Crippen LogP contribution in [0.5, 0.6) is 0 Å². The zero-order valence-electron chi connectivity index (χ0n) is 8.11. The standard InChI is InChI=1S/C11H12ClNO2/c12-8-3-1-7(2-4-8)10(11(14)15)13-9-5-6-9/h1-4,9-10,13H,5-6H2,(H,14,15). The minimum atomic E-state index is -0.843. The van der Waals surface area contributed by atoms with Crippen LogP contribution in [0, 0.1) is 0 Å². The van der Waals surface area contributed by atoms with Gasteiger partial charge in [-0.1, -0.05) is 23.7 Å². The first-order valence-electron chi connectivity index (χ1n) is 4.91. The average Bonchev–Trinajstić information content (AvgIpc) is 2.99. The van der Waals surface area contributed by atoms with E-state index in [-0.39, 0.29) is 0 Å². The van der Waals surface area contributed by atoms with Crippen LogP contribution in [0.15, 0.2) is 24.3 Å². The van der Waals surface area contributed by atoms with Crippen molar-refractivity contribution in [2.24, 2.45) is 0 Å². The van der Waals surface area contributed by atoms with Gasteiger partial charge in [0.15, 0.2) is 0 Å². The molecule has 2 rings (SSSR count). The lowest BCUT2D eigenvalue weighted by atomic mass is 10.1. The molecule has 1 aromatic rings. The molecule has 80 valence electrons. The van der Waals surface area contributed by atoms with Gasteiger partial charge in [-0.2, -0.15) is 0 Å². The number of hydrogen-bond acceptors (Lipinski definition) is 2. The van der Waals surface area contributed by atoms with Gasteiger partial charge in [0, 0.05) is 11.1 Å². The molecule has 1 aliphatic rings. The average molecular weight is 226 g/mol. The van der Waals surface area contributed by atoms with Crippen molar-refractivity contribution >= 4 is 17.6 Å². The number of nitrogens with one attached hydrogen (secondary N) is 1. The Kier molecular flexibility index (Phi) is 2.93. The first-order chi connectivity index (χ1) is 7.16. The summed E-state index contributed by atoms with van der Waals surface area (Å²) >= 11 is 5.75. The van der Waals surface area contributed by atoms with Crippen molar-refractivity contribution in [3.63, 3.8) is 0 Å². The second-order valence-corrected chi connectivity index (χ2v) is 4.20. The molecule has 0 aliphatic heterocycles. The van der Waals surface area contributed by atoms with E-state index >= 15 is 0 Å². The van der Waals surface area contributed by atoms with Gasteiger partial charge in [0.2, 0.25) is 0 Å². The Labute approximate surface area is 93.1 Å². The number of carboxylic acid groups (broad SMARTS) is 1. The molecule has 2 N–H and O–H groups in total. The van der Waals surface area contributed by atoms with Crippen LogP contribution in [0.2, 0.25) is 5.02 Å². The summed E-state index contributed by atoms with van der Waals surface area (Å²) in [6.07, 6.45) is 2.13. The zero-order chi connectivity index (χ0) is 10.8. The van der Waals surface area contributed by atoms with E-state index in [1.807, 2.05) is 0 Å². The highest BCUT2D eigenvalue weighted by molar-refractivity contribution is 6.30. The number of halogens is 1. The van der Waals surface area contributed by atoms with Crippen LogP contribution in [0.1, 0.15) is 24.4 Å². The van der Waals surface area contributed by atoms with E-state index in [1.54, 1.807) is 24.3 Å².